The molecule has 1 heterocycles. The maximum Gasteiger partial charge on any atom is 0.231 e. The van der Waals surface area contributed by atoms with Crippen LogP contribution in [0.15, 0.2) is 53.7 Å². The molecule has 0 spiro atoms. The van der Waals surface area contributed by atoms with Crippen molar-refractivity contribution in [3.63, 3.8) is 0 Å². The lowest BCUT2D eigenvalue weighted by atomic mass is 9.98. The second-order valence-electron chi connectivity index (χ2n) is 5.17. The fourth-order valence-electron chi connectivity index (χ4n) is 2.68. The molecule has 0 radical (unpaired) electrons. The van der Waals surface area contributed by atoms with Crippen molar-refractivity contribution in [3.8, 4) is 0 Å². The van der Waals surface area contributed by atoms with Crippen molar-refractivity contribution in [1.82, 2.24) is 0 Å². The third-order valence-corrected chi connectivity index (χ3v) is 3.99. The Hall–Kier alpha value is -2.33. The summed E-state index contributed by atoms with van der Waals surface area (Å²) in [5, 5.41) is 13.0. The fourth-order valence-corrected chi connectivity index (χ4v) is 2.85. The molecule has 0 atom stereocenters. The number of rotatable bonds is 2. The van der Waals surface area contributed by atoms with Gasteiger partial charge in [0.05, 0.1) is 17.8 Å². The van der Waals surface area contributed by atoms with E-state index in [1.807, 2.05) is 30.3 Å². The number of halogens is 1. The number of nitrogens with zero attached hydrogens (tertiary/aromatic N) is 2. The van der Waals surface area contributed by atoms with Gasteiger partial charge in [-0.2, -0.15) is 0 Å². The van der Waals surface area contributed by atoms with Gasteiger partial charge in [-0.25, -0.2) is 0 Å². The molecule has 4 nitrogen and oxygen atoms in total. The predicted octanol–water partition coefficient (Wildman–Crippen LogP) is 3.50. The van der Waals surface area contributed by atoms with Crippen molar-refractivity contribution in [2.24, 2.45) is 5.16 Å². The van der Waals surface area contributed by atoms with E-state index in [2.05, 4.69) is 5.16 Å². The summed E-state index contributed by atoms with van der Waals surface area (Å²) in [5.41, 5.74) is 2.98. The number of hydrogen-bond donors (Lipinski definition) is 1. The average molecular weight is 315 g/mol. The molecule has 0 saturated heterocycles. The fraction of sp³-hybridized carbons (Fsp3) is 0.176. The average Bonchev–Trinajstić information content (AvgIpc) is 2.54. The Morgan fingerprint density at radius 2 is 2.00 bits per heavy atom. The topological polar surface area (TPSA) is 52.9 Å². The van der Waals surface area contributed by atoms with Gasteiger partial charge in [0.2, 0.25) is 5.91 Å². The first-order chi connectivity index (χ1) is 10.7. The molecule has 1 aliphatic heterocycles. The summed E-state index contributed by atoms with van der Waals surface area (Å²) >= 11 is 6.02. The SMILES string of the molecule is O=C(Cc1ccccc1)N1CC/C(=N/O)c2cc(Cl)ccc21. The Labute approximate surface area is 133 Å². The largest absolute Gasteiger partial charge is 0.411 e. The van der Waals surface area contributed by atoms with Crippen LogP contribution in [-0.4, -0.2) is 23.4 Å². The Morgan fingerprint density at radius 3 is 2.73 bits per heavy atom. The van der Waals surface area contributed by atoms with E-state index in [9.17, 15) is 4.79 Å². The van der Waals surface area contributed by atoms with Crippen LogP contribution in [0.25, 0.3) is 0 Å². The van der Waals surface area contributed by atoms with Crippen LogP contribution in [0, 0.1) is 0 Å². The van der Waals surface area contributed by atoms with E-state index in [-0.39, 0.29) is 5.91 Å². The smallest absolute Gasteiger partial charge is 0.231 e. The number of hydrogen-bond acceptors (Lipinski definition) is 3. The van der Waals surface area contributed by atoms with Crippen LogP contribution in [0.2, 0.25) is 5.02 Å². The molecule has 5 heteroatoms. The Morgan fingerprint density at radius 1 is 1.23 bits per heavy atom. The van der Waals surface area contributed by atoms with Crippen molar-refractivity contribution in [3.05, 3.63) is 64.7 Å². The first-order valence-corrected chi connectivity index (χ1v) is 7.42. The number of benzene rings is 2. The number of oxime groups is 1. The minimum atomic E-state index is 0.0202. The summed E-state index contributed by atoms with van der Waals surface area (Å²) in [6, 6.07) is 14.9. The van der Waals surface area contributed by atoms with E-state index >= 15 is 0 Å². The lowest BCUT2D eigenvalue weighted by molar-refractivity contribution is -0.118. The highest BCUT2D eigenvalue weighted by Crippen LogP contribution is 2.30. The predicted molar refractivity (Wildman–Crippen MR) is 86.9 cm³/mol. The van der Waals surface area contributed by atoms with E-state index in [0.717, 1.165) is 11.3 Å². The summed E-state index contributed by atoms with van der Waals surface area (Å²) in [6.45, 7) is 0.500. The highest BCUT2D eigenvalue weighted by Gasteiger charge is 2.26. The zero-order valence-corrected chi connectivity index (χ0v) is 12.6. The third kappa shape index (κ3) is 2.83. The maximum absolute atomic E-state index is 12.6. The quantitative estimate of drug-likeness (QED) is 0.681. The van der Waals surface area contributed by atoms with Crippen LogP contribution in [0.4, 0.5) is 5.69 Å². The summed E-state index contributed by atoms with van der Waals surface area (Å²) in [6.07, 6.45) is 0.846. The van der Waals surface area contributed by atoms with Gasteiger partial charge in [0.25, 0.3) is 0 Å². The standard InChI is InChI=1S/C17H15ClN2O2/c18-13-6-7-16-14(11-13)15(19-22)8-9-20(16)17(21)10-12-4-2-1-3-5-12/h1-7,11,22H,8-10H2/b19-15-. The molecule has 0 aliphatic carbocycles. The Bertz CT molecular complexity index is 729. The van der Waals surface area contributed by atoms with Crippen LogP contribution in [0.1, 0.15) is 17.5 Å². The Balaban J connectivity index is 1.91. The van der Waals surface area contributed by atoms with E-state index < -0.39 is 0 Å². The molecule has 0 unspecified atom stereocenters. The summed E-state index contributed by atoms with van der Waals surface area (Å²) < 4.78 is 0. The van der Waals surface area contributed by atoms with Crippen LogP contribution in [0.3, 0.4) is 0 Å². The molecule has 2 aromatic carbocycles. The van der Waals surface area contributed by atoms with Gasteiger partial charge in [-0.05, 0) is 23.8 Å². The summed E-state index contributed by atoms with van der Waals surface area (Å²) in [5.74, 6) is 0.0202. The van der Waals surface area contributed by atoms with Crippen molar-refractivity contribution >= 4 is 28.9 Å². The number of amides is 1. The van der Waals surface area contributed by atoms with Crippen molar-refractivity contribution in [2.75, 3.05) is 11.4 Å². The molecule has 0 bridgehead atoms. The molecule has 2 aromatic rings. The van der Waals surface area contributed by atoms with E-state index in [1.54, 1.807) is 23.1 Å². The molecule has 0 aromatic heterocycles. The molecule has 3 rings (SSSR count). The highest BCUT2D eigenvalue weighted by atomic mass is 35.5. The monoisotopic (exact) mass is 314 g/mol. The normalized spacial score (nSPS) is 15.7. The second kappa shape index (κ2) is 6.20. The lowest BCUT2D eigenvalue weighted by Crippen LogP contribution is -2.38. The van der Waals surface area contributed by atoms with Crippen molar-refractivity contribution in [2.45, 2.75) is 12.8 Å². The molecule has 1 amide bonds. The van der Waals surface area contributed by atoms with Gasteiger partial charge in [0.1, 0.15) is 0 Å². The first kappa shape index (κ1) is 14.6. The second-order valence-corrected chi connectivity index (χ2v) is 5.60. The minimum absolute atomic E-state index is 0.0202. The van der Waals surface area contributed by atoms with Gasteiger partial charge in [-0.3, -0.25) is 4.79 Å². The van der Waals surface area contributed by atoms with Crippen molar-refractivity contribution in [1.29, 1.82) is 0 Å². The molecule has 112 valence electrons. The zero-order chi connectivity index (χ0) is 15.5. The van der Waals surface area contributed by atoms with Crippen LogP contribution < -0.4 is 4.90 Å². The van der Waals surface area contributed by atoms with Crippen LogP contribution >= 0.6 is 11.6 Å². The zero-order valence-electron chi connectivity index (χ0n) is 11.9. The lowest BCUT2D eigenvalue weighted by Gasteiger charge is -2.30. The molecule has 22 heavy (non-hydrogen) atoms. The maximum atomic E-state index is 12.6. The number of fused-ring (bicyclic) bond motifs is 1. The summed E-state index contributed by atoms with van der Waals surface area (Å²) in [4.78, 5) is 14.3. The van der Waals surface area contributed by atoms with E-state index in [4.69, 9.17) is 16.8 Å². The Kier molecular flexibility index (Phi) is 4.11. The first-order valence-electron chi connectivity index (χ1n) is 7.04. The van der Waals surface area contributed by atoms with Crippen LogP contribution in [0.5, 0.6) is 0 Å². The number of anilines is 1. The van der Waals surface area contributed by atoms with Crippen LogP contribution in [-0.2, 0) is 11.2 Å². The summed E-state index contributed by atoms with van der Waals surface area (Å²) in [7, 11) is 0. The van der Waals surface area contributed by atoms with E-state index in [1.165, 1.54) is 0 Å². The third-order valence-electron chi connectivity index (χ3n) is 3.75. The van der Waals surface area contributed by atoms with Gasteiger partial charge >= 0.3 is 0 Å². The van der Waals surface area contributed by atoms with Crippen molar-refractivity contribution < 1.29 is 10.0 Å². The van der Waals surface area contributed by atoms with Gasteiger partial charge in [-0.15, -0.1) is 0 Å². The minimum Gasteiger partial charge on any atom is -0.411 e. The molecule has 1 N–H and O–H groups in total. The molecule has 0 fully saturated rings. The molecular formula is C17H15ClN2O2. The van der Waals surface area contributed by atoms with Gasteiger partial charge in [0.15, 0.2) is 0 Å². The van der Waals surface area contributed by atoms with E-state index in [0.29, 0.717) is 35.7 Å². The number of carbonyl (C=O) groups is 1. The molecular weight excluding hydrogens is 300 g/mol. The van der Waals surface area contributed by atoms with Gasteiger partial charge in [0, 0.05) is 23.6 Å². The van der Waals surface area contributed by atoms with Gasteiger partial charge < -0.3 is 10.1 Å². The number of carbonyl (C=O) groups excluding carboxylic acids is 1. The highest BCUT2D eigenvalue weighted by molar-refractivity contribution is 6.31. The molecule has 1 aliphatic rings. The van der Waals surface area contributed by atoms with Gasteiger partial charge in [-0.1, -0.05) is 47.1 Å². The molecule has 0 saturated carbocycles.